The van der Waals surface area contributed by atoms with E-state index in [0.29, 0.717) is 23.0 Å². The summed E-state index contributed by atoms with van der Waals surface area (Å²) in [7, 11) is 3.21. The molecule has 2 heterocycles. The third kappa shape index (κ3) is 3.92. The Morgan fingerprint density at radius 2 is 1.67 bits per heavy atom. The Morgan fingerprint density at radius 3 is 2.30 bits per heavy atom. The topological polar surface area (TPSA) is 68.6 Å². The highest BCUT2D eigenvalue weighted by atomic mass is 16.5. The zero-order valence-electron chi connectivity index (χ0n) is 17.8. The number of hydrogen-bond acceptors (Lipinski definition) is 6. The van der Waals surface area contributed by atoms with E-state index in [0.717, 1.165) is 34.4 Å². The fourth-order valence-electron chi connectivity index (χ4n) is 3.35. The summed E-state index contributed by atoms with van der Waals surface area (Å²) in [6.07, 6.45) is 0. The first kappa shape index (κ1) is 19.7. The molecule has 0 spiro atoms. The number of amidine groups is 1. The normalized spacial score (nSPS) is 14.5. The Balaban J connectivity index is 1.67. The maximum Gasteiger partial charge on any atom is 0.162 e. The first-order valence-corrected chi connectivity index (χ1v) is 9.74. The van der Waals surface area contributed by atoms with Gasteiger partial charge in [0.15, 0.2) is 11.5 Å². The van der Waals surface area contributed by atoms with Crippen LogP contribution in [0.1, 0.15) is 36.5 Å². The van der Waals surface area contributed by atoms with Gasteiger partial charge >= 0.3 is 0 Å². The van der Waals surface area contributed by atoms with Gasteiger partial charge in [-0.15, -0.1) is 0 Å². The standard InChI is InChI=1S/C24H24N4O2/c1-15-26-19(18-12-21(29-4)22(30-5)13-20(18)27-15)11-8-16-6-9-17(10-7-16)23-25-14-24(2,3)28-23/h6-7,9-10,12-13H,14H2,1-5H3,(H,25,28). The van der Waals surface area contributed by atoms with E-state index in [9.17, 15) is 0 Å². The monoisotopic (exact) mass is 400 g/mol. The van der Waals surface area contributed by atoms with Crippen LogP contribution in [0.2, 0.25) is 0 Å². The minimum atomic E-state index is 0.00345. The molecule has 6 heteroatoms. The number of aromatic nitrogens is 2. The molecular weight excluding hydrogens is 376 g/mol. The molecule has 152 valence electrons. The van der Waals surface area contributed by atoms with E-state index in [1.54, 1.807) is 14.2 Å². The van der Waals surface area contributed by atoms with E-state index in [-0.39, 0.29) is 5.54 Å². The largest absolute Gasteiger partial charge is 0.493 e. The van der Waals surface area contributed by atoms with Crippen molar-refractivity contribution in [2.75, 3.05) is 20.8 Å². The minimum Gasteiger partial charge on any atom is -0.493 e. The van der Waals surface area contributed by atoms with Crippen molar-refractivity contribution in [1.29, 1.82) is 0 Å². The van der Waals surface area contributed by atoms with Crippen molar-refractivity contribution in [2.45, 2.75) is 26.3 Å². The fraction of sp³-hybridized carbons (Fsp3) is 0.292. The van der Waals surface area contributed by atoms with Crippen molar-refractivity contribution >= 4 is 16.7 Å². The second-order valence-electron chi connectivity index (χ2n) is 7.84. The zero-order chi connectivity index (χ0) is 21.3. The number of fused-ring (bicyclic) bond motifs is 1. The van der Waals surface area contributed by atoms with Crippen LogP contribution in [0.5, 0.6) is 11.5 Å². The predicted octanol–water partition coefficient (Wildman–Crippen LogP) is 3.48. The average molecular weight is 400 g/mol. The number of aliphatic imine (C=N–C) groups is 1. The van der Waals surface area contributed by atoms with Gasteiger partial charge < -0.3 is 14.8 Å². The Morgan fingerprint density at radius 1 is 0.967 bits per heavy atom. The molecule has 6 nitrogen and oxygen atoms in total. The number of nitrogens with zero attached hydrogens (tertiary/aromatic N) is 3. The molecule has 1 N–H and O–H groups in total. The molecule has 0 saturated carbocycles. The second-order valence-corrected chi connectivity index (χ2v) is 7.84. The highest BCUT2D eigenvalue weighted by molar-refractivity contribution is 6.00. The molecule has 1 aliphatic heterocycles. The van der Waals surface area contributed by atoms with Gasteiger partial charge in [-0.2, -0.15) is 0 Å². The van der Waals surface area contributed by atoms with Crippen LogP contribution >= 0.6 is 0 Å². The minimum absolute atomic E-state index is 0.00345. The number of rotatable bonds is 3. The van der Waals surface area contributed by atoms with Crippen LogP contribution < -0.4 is 14.8 Å². The smallest absolute Gasteiger partial charge is 0.162 e. The molecular formula is C24H24N4O2. The summed E-state index contributed by atoms with van der Waals surface area (Å²) in [5.74, 6) is 9.24. The highest BCUT2D eigenvalue weighted by Crippen LogP contribution is 2.32. The summed E-state index contributed by atoms with van der Waals surface area (Å²) < 4.78 is 10.8. The Hall–Kier alpha value is -3.59. The zero-order valence-corrected chi connectivity index (χ0v) is 17.8. The molecule has 3 aromatic rings. The van der Waals surface area contributed by atoms with Gasteiger partial charge in [0.05, 0.1) is 31.8 Å². The number of nitrogens with one attached hydrogen (secondary N) is 1. The summed E-state index contributed by atoms with van der Waals surface area (Å²) in [4.78, 5) is 13.6. The lowest BCUT2D eigenvalue weighted by Gasteiger charge is -2.18. The summed E-state index contributed by atoms with van der Waals surface area (Å²) in [5.41, 5.74) is 3.40. The van der Waals surface area contributed by atoms with E-state index in [4.69, 9.17) is 9.47 Å². The lowest BCUT2D eigenvalue weighted by molar-refractivity contribution is 0.355. The van der Waals surface area contributed by atoms with Crippen molar-refractivity contribution in [3.05, 3.63) is 59.0 Å². The quantitative estimate of drug-likeness (QED) is 0.682. The maximum absolute atomic E-state index is 5.42. The Kier molecular flexibility index (Phi) is 5.04. The molecule has 30 heavy (non-hydrogen) atoms. The lowest BCUT2D eigenvalue weighted by Crippen LogP contribution is -2.39. The molecule has 1 aliphatic rings. The molecule has 0 aliphatic carbocycles. The molecule has 0 atom stereocenters. The van der Waals surface area contributed by atoms with E-state index in [1.807, 2.05) is 43.3 Å². The second kappa shape index (κ2) is 7.68. The molecule has 1 aromatic heterocycles. The summed E-state index contributed by atoms with van der Waals surface area (Å²) >= 11 is 0. The van der Waals surface area contributed by atoms with E-state index < -0.39 is 0 Å². The first-order chi connectivity index (χ1) is 14.4. The summed E-state index contributed by atoms with van der Waals surface area (Å²) in [5, 5.41) is 4.27. The maximum atomic E-state index is 5.42. The van der Waals surface area contributed by atoms with Crippen molar-refractivity contribution in [3.63, 3.8) is 0 Å². The average Bonchev–Trinajstić information content (AvgIpc) is 3.11. The molecule has 0 radical (unpaired) electrons. The van der Waals surface area contributed by atoms with Crippen LogP contribution in [0.4, 0.5) is 0 Å². The molecule has 0 fully saturated rings. The lowest BCUT2D eigenvalue weighted by atomic mass is 10.1. The number of benzene rings is 2. The van der Waals surface area contributed by atoms with Gasteiger partial charge in [0.1, 0.15) is 17.4 Å². The van der Waals surface area contributed by atoms with Gasteiger partial charge in [-0.3, -0.25) is 4.99 Å². The number of aryl methyl sites for hydroxylation is 1. The van der Waals surface area contributed by atoms with E-state index >= 15 is 0 Å². The SMILES string of the molecule is COc1cc2nc(C)nc(C#Cc3ccc(C4=NCC(C)(C)N4)cc3)c2cc1OC. The molecule has 0 unspecified atom stereocenters. The highest BCUT2D eigenvalue weighted by Gasteiger charge is 2.25. The van der Waals surface area contributed by atoms with E-state index in [1.165, 1.54) is 0 Å². The van der Waals surface area contributed by atoms with Crippen molar-refractivity contribution < 1.29 is 9.47 Å². The fourth-order valence-corrected chi connectivity index (χ4v) is 3.35. The molecule has 2 aromatic carbocycles. The number of ether oxygens (including phenoxy) is 2. The Bertz CT molecular complexity index is 1200. The van der Waals surface area contributed by atoms with E-state index in [2.05, 4.69) is 46.0 Å². The Labute approximate surface area is 176 Å². The number of methoxy groups -OCH3 is 2. The van der Waals surface area contributed by atoms with Gasteiger partial charge in [-0.1, -0.05) is 18.1 Å². The molecule has 0 bridgehead atoms. The van der Waals surface area contributed by atoms with Crippen LogP contribution in [0.3, 0.4) is 0 Å². The van der Waals surface area contributed by atoms with Crippen LogP contribution in [0, 0.1) is 18.8 Å². The van der Waals surface area contributed by atoms with Gasteiger partial charge in [-0.25, -0.2) is 9.97 Å². The predicted molar refractivity (Wildman–Crippen MR) is 118 cm³/mol. The van der Waals surface area contributed by atoms with Crippen molar-refractivity contribution in [2.24, 2.45) is 4.99 Å². The first-order valence-electron chi connectivity index (χ1n) is 9.74. The van der Waals surface area contributed by atoms with Crippen LogP contribution in [0.15, 0.2) is 41.4 Å². The summed E-state index contributed by atoms with van der Waals surface area (Å²) in [6, 6.07) is 11.8. The third-order valence-corrected chi connectivity index (χ3v) is 4.89. The van der Waals surface area contributed by atoms with Crippen molar-refractivity contribution in [3.8, 4) is 23.3 Å². The van der Waals surface area contributed by atoms with Crippen LogP contribution in [-0.2, 0) is 0 Å². The van der Waals surface area contributed by atoms with Crippen LogP contribution in [-0.4, -0.2) is 42.1 Å². The molecule has 4 rings (SSSR count). The molecule has 0 saturated heterocycles. The summed E-state index contributed by atoms with van der Waals surface area (Å²) in [6.45, 7) is 6.91. The third-order valence-electron chi connectivity index (χ3n) is 4.89. The van der Waals surface area contributed by atoms with Gasteiger partial charge in [0.2, 0.25) is 0 Å². The van der Waals surface area contributed by atoms with Crippen LogP contribution in [0.25, 0.3) is 10.9 Å². The van der Waals surface area contributed by atoms with Crippen molar-refractivity contribution in [1.82, 2.24) is 15.3 Å². The van der Waals surface area contributed by atoms with Gasteiger partial charge in [-0.05, 0) is 44.9 Å². The molecule has 0 amide bonds. The number of hydrogen-bond donors (Lipinski definition) is 1. The van der Waals surface area contributed by atoms with Gasteiger partial charge in [0, 0.05) is 22.6 Å². The van der Waals surface area contributed by atoms with Gasteiger partial charge in [0.25, 0.3) is 0 Å².